The van der Waals surface area contributed by atoms with Gasteiger partial charge < -0.3 is 5.11 Å². The number of nitriles is 1. The molecule has 0 amide bonds. The van der Waals surface area contributed by atoms with E-state index in [-0.39, 0.29) is 6.61 Å². The van der Waals surface area contributed by atoms with Crippen LogP contribution in [0.4, 0.5) is 0 Å². The lowest BCUT2D eigenvalue weighted by Gasteiger charge is -2.19. The van der Waals surface area contributed by atoms with Crippen LogP contribution in [-0.2, 0) is 6.54 Å². The van der Waals surface area contributed by atoms with E-state index in [2.05, 4.69) is 28.2 Å². The van der Waals surface area contributed by atoms with Gasteiger partial charge in [-0.25, -0.2) is 0 Å². The van der Waals surface area contributed by atoms with E-state index in [4.69, 9.17) is 10.4 Å². The van der Waals surface area contributed by atoms with E-state index in [9.17, 15) is 0 Å². The Bertz CT molecular complexity index is 502. The number of aliphatic hydroxyl groups excluding tert-OH is 1. The summed E-state index contributed by atoms with van der Waals surface area (Å²) in [6.07, 6.45) is 3.62. The zero-order valence-corrected chi connectivity index (χ0v) is 11.7. The van der Waals surface area contributed by atoms with Gasteiger partial charge in [0.1, 0.15) is 0 Å². The molecule has 0 aliphatic heterocycles. The van der Waals surface area contributed by atoms with Crippen molar-refractivity contribution in [1.29, 1.82) is 5.26 Å². The molecule has 0 atom stereocenters. The number of hydrogen-bond acceptors (Lipinski definition) is 4. The van der Waals surface area contributed by atoms with E-state index < -0.39 is 0 Å². The highest BCUT2D eigenvalue weighted by atomic mass is 32.1. The van der Waals surface area contributed by atoms with Crippen molar-refractivity contribution in [2.24, 2.45) is 0 Å². The SMILES string of the molecule is N#CCCN(Cc1sccc1C#CCCO)C1CC1. The molecule has 1 aliphatic rings. The maximum Gasteiger partial charge on any atom is 0.0635 e. The van der Waals surface area contributed by atoms with Crippen molar-refractivity contribution in [3.63, 3.8) is 0 Å². The summed E-state index contributed by atoms with van der Waals surface area (Å²) in [6.45, 7) is 1.86. The lowest BCUT2D eigenvalue weighted by molar-refractivity contribution is 0.263. The molecule has 0 aromatic carbocycles. The molecule has 0 radical (unpaired) electrons. The number of nitrogens with zero attached hydrogens (tertiary/aromatic N) is 2. The van der Waals surface area contributed by atoms with Crippen molar-refractivity contribution in [2.45, 2.75) is 38.3 Å². The summed E-state index contributed by atoms with van der Waals surface area (Å²) in [6, 6.07) is 4.93. The van der Waals surface area contributed by atoms with E-state index in [0.29, 0.717) is 18.9 Å². The Morgan fingerprint density at radius 3 is 2.95 bits per heavy atom. The normalized spacial score (nSPS) is 13.9. The monoisotopic (exact) mass is 274 g/mol. The lowest BCUT2D eigenvalue weighted by atomic mass is 10.2. The minimum atomic E-state index is 0.114. The van der Waals surface area contributed by atoms with Gasteiger partial charge >= 0.3 is 0 Å². The van der Waals surface area contributed by atoms with Crippen LogP contribution in [0.15, 0.2) is 11.4 Å². The van der Waals surface area contributed by atoms with Gasteiger partial charge in [0, 0.05) is 42.4 Å². The molecule has 0 saturated heterocycles. The summed E-state index contributed by atoms with van der Waals surface area (Å²) in [5.41, 5.74) is 1.07. The molecule has 1 aromatic rings. The highest BCUT2D eigenvalue weighted by molar-refractivity contribution is 7.10. The van der Waals surface area contributed by atoms with Crippen LogP contribution >= 0.6 is 11.3 Å². The second-order valence-electron chi connectivity index (χ2n) is 4.64. The predicted octanol–water partition coefficient (Wildman–Crippen LogP) is 2.36. The molecule has 4 heteroatoms. The fourth-order valence-electron chi connectivity index (χ4n) is 2.00. The van der Waals surface area contributed by atoms with Gasteiger partial charge in [0.05, 0.1) is 12.7 Å². The van der Waals surface area contributed by atoms with Gasteiger partial charge in [0.15, 0.2) is 0 Å². The molecular weight excluding hydrogens is 256 g/mol. The Morgan fingerprint density at radius 1 is 1.42 bits per heavy atom. The standard InChI is InChI=1S/C15H18N2OS/c16-8-3-9-17(14-5-6-14)12-15-13(7-11-19-15)4-1-2-10-18/h7,11,14,18H,2-3,5-6,9-10,12H2. The second kappa shape index (κ2) is 7.31. The maximum absolute atomic E-state index is 8.75. The van der Waals surface area contributed by atoms with Crippen molar-refractivity contribution >= 4 is 11.3 Å². The number of rotatable bonds is 6. The number of hydrogen-bond donors (Lipinski definition) is 1. The largest absolute Gasteiger partial charge is 0.395 e. The zero-order chi connectivity index (χ0) is 13.5. The van der Waals surface area contributed by atoms with E-state index in [1.807, 2.05) is 6.07 Å². The van der Waals surface area contributed by atoms with Crippen molar-refractivity contribution < 1.29 is 5.11 Å². The molecule has 2 rings (SSSR count). The molecule has 1 aliphatic carbocycles. The smallest absolute Gasteiger partial charge is 0.0635 e. The second-order valence-corrected chi connectivity index (χ2v) is 5.64. The summed E-state index contributed by atoms with van der Waals surface area (Å²) in [5, 5.41) is 19.5. The number of aliphatic hydroxyl groups is 1. The molecule has 3 nitrogen and oxygen atoms in total. The first kappa shape index (κ1) is 14.1. The van der Waals surface area contributed by atoms with Gasteiger partial charge in [-0.05, 0) is 24.3 Å². The topological polar surface area (TPSA) is 47.3 Å². The van der Waals surface area contributed by atoms with Crippen LogP contribution in [0, 0.1) is 23.2 Å². The first-order valence-electron chi connectivity index (χ1n) is 6.62. The highest BCUT2D eigenvalue weighted by Gasteiger charge is 2.29. The van der Waals surface area contributed by atoms with E-state index >= 15 is 0 Å². The quantitative estimate of drug-likeness (QED) is 0.810. The van der Waals surface area contributed by atoms with Crippen molar-refractivity contribution in [2.75, 3.05) is 13.2 Å². The van der Waals surface area contributed by atoms with E-state index in [1.54, 1.807) is 11.3 Å². The third kappa shape index (κ3) is 4.36. The third-order valence-corrected chi connectivity index (χ3v) is 4.03. The Labute approximate surface area is 118 Å². The van der Waals surface area contributed by atoms with Gasteiger partial charge in [0.2, 0.25) is 0 Å². The summed E-state index contributed by atoms with van der Waals surface area (Å²) in [4.78, 5) is 3.67. The van der Waals surface area contributed by atoms with Crippen molar-refractivity contribution in [1.82, 2.24) is 4.90 Å². The predicted molar refractivity (Wildman–Crippen MR) is 76.6 cm³/mol. The summed E-state index contributed by atoms with van der Waals surface area (Å²) >= 11 is 1.72. The number of thiophene rings is 1. The van der Waals surface area contributed by atoms with Crippen LogP contribution in [-0.4, -0.2) is 29.2 Å². The highest BCUT2D eigenvalue weighted by Crippen LogP contribution is 2.30. The van der Waals surface area contributed by atoms with Crippen LogP contribution < -0.4 is 0 Å². The molecule has 100 valence electrons. The summed E-state index contributed by atoms with van der Waals surface area (Å²) < 4.78 is 0. The van der Waals surface area contributed by atoms with Gasteiger partial charge in [-0.1, -0.05) is 11.8 Å². The molecule has 1 fully saturated rings. The van der Waals surface area contributed by atoms with Crippen LogP contribution in [0.25, 0.3) is 0 Å². The van der Waals surface area contributed by atoms with E-state index in [1.165, 1.54) is 17.7 Å². The molecule has 0 unspecified atom stereocenters. The molecule has 0 spiro atoms. The van der Waals surface area contributed by atoms with Gasteiger partial charge in [-0.15, -0.1) is 11.3 Å². The van der Waals surface area contributed by atoms with Crippen LogP contribution in [0.1, 0.15) is 36.1 Å². The van der Waals surface area contributed by atoms with Crippen molar-refractivity contribution in [3.05, 3.63) is 21.9 Å². The summed E-state index contributed by atoms with van der Waals surface area (Å²) in [5.74, 6) is 6.10. The van der Waals surface area contributed by atoms with Gasteiger partial charge in [-0.2, -0.15) is 5.26 Å². The first-order chi connectivity index (χ1) is 9.35. The Kier molecular flexibility index (Phi) is 5.42. The third-order valence-electron chi connectivity index (χ3n) is 3.13. The lowest BCUT2D eigenvalue weighted by Crippen LogP contribution is -2.26. The average molecular weight is 274 g/mol. The zero-order valence-electron chi connectivity index (χ0n) is 10.9. The Hall–Kier alpha value is -1.33. The Morgan fingerprint density at radius 2 is 2.26 bits per heavy atom. The molecule has 1 aromatic heterocycles. The Balaban J connectivity index is 1.99. The van der Waals surface area contributed by atoms with Gasteiger partial charge in [-0.3, -0.25) is 4.90 Å². The molecule has 19 heavy (non-hydrogen) atoms. The minimum Gasteiger partial charge on any atom is -0.395 e. The van der Waals surface area contributed by atoms with E-state index in [0.717, 1.165) is 18.7 Å². The summed E-state index contributed by atoms with van der Waals surface area (Å²) in [7, 11) is 0. The molecule has 0 bridgehead atoms. The molecule has 1 saturated carbocycles. The fourth-order valence-corrected chi connectivity index (χ4v) is 2.85. The molecule has 1 N–H and O–H groups in total. The van der Waals surface area contributed by atoms with Crippen LogP contribution in [0.2, 0.25) is 0 Å². The average Bonchev–Trinajstić information content (AvgIpc) is 3.17. The fraction of sp³-hybridized carbons (Fsp3) is 0.533. The molecular formula is C15H18N2OS. The maximum atomic E-state index is 8.75. The first-order valence-corrected chi connectivity index (χ1v) is 7.50. The van der Waals surface area contributed by atoms with Gasteiger partial charge in [0.25, 0.3) is 0 Å². The van der Waals surface area contributed by atoms with Crippen LogP contribution in [0.3, 0.4) is 0 Å². The van der Waals surface area contributed by atoms with Crippen LogP contribution in [0.5, 0.6) is 0 Å². The minimum absolute atomic E-state index is 0.114. The molecule has 1 heterocycles. The van der Waals surface area contributed by atoms with Crippen molar-refractivity contribution in [3.8, 4) is 17.9 Å².